The Labute approximate surface area is 646 Å². The van der Waals surface area contributed by atoms with E-state index in [2.05, 4.69) is 63.1 Å². The van der Waals surface area contributed by atoms with Gasteiger partial charge in [0.15, 0.2) is 0 Å². The van der Waals surface area contributed by atoms with Gasteiger partial charge in [-0.2, -0.15) is 0 Å². The molecule has 6 saturated carbocycles. The van der Waals surface area contributed by atoms with Crippen molar-refractivity contribution < 1.29 is 76.5 Å². The first kappa shape index (κ1) is 84.3. The van der Waals surface area contributed by atoms with E-state index in [4.69, 9.17) is 18.9 Å². The molecule has 10 N–H and O–H groups in total. The number of aromatic nitrogens is 2. The molecule has 0 aromatic carbocycles. The first-order valence-corrected chi connectivity index (χ1v) is 41.0. The van der Waals surface area contributed by atoms with Crippen molar-refractivity contribution in [2.75, 3.05) is 66.4 Å². The summed E-state index contributed by atoms with van der Waals surface area (Å²) < 4.78 is 21.4. The molecule has 606 valence electrons. The number of hydrogen-bond acceptors (Lipinski definition) is 18. The van der Waals surface area contributed by atoms with Gasteiger partial charge in [0.05, 0.1) is 44.2 Å². The molecule has 2 spiro atoms. The molecule has 2 aromatic rings. The standard InChI is InChI=1S/C81H121N13O16/c1-56(2)60(65(98)86-74(3,4)73(106)110-55-54-109-53-52-108-51-50-107-5)85-66(99)75(31-13-6-14-32-75)88-68(101)77(35-17-8-18-36-77)90-69(102)78(37-19-9-20-38-78)91-70(103)79(39-21-10-22-40-79)92-72(105)81-43-48-94(49-44-81)59(95)30-12-25-45-84-63(96)57-28-26-46-82-61(57)62-58(29-27-47-83-62)64(97)87-76(33-15-7-16-34-76)67(100)89-80(71(104)93-81)41-23-11-24-42-80/h26-29,46-47,56,60H,6-25,30-45,48-55H2,1-5H3,(H,84,96)(H,85,99)(H,86,98)(H,87,97)(H,88,101)(H,89,100)(H,90,102)(H,91,103)(H,92,105)(H,93,104). The summed E-state index contributed by atoms with van der Waals surface area (Å²) in [4.78, 5) is 191. The molecular formula is C81H121N13O16. The maximum Gasteiger partial charge on any atom is 0.331 e. The number of carbonyl (C=O) groups is 12. The summed E-state index contributed by atoms with van der Waals surface area (Å²) in [5.74, 6) is -7.11. The van der Waals surface area contributed by atoms with Gasteiger partial charge in [-0.15, -0.1) is 0 Å². The lowest BCUT2D eigenvalue weighted by molar-refractivity contribution is -0.154. The lowest BCUT2D eigenvalue weighted by Gasteiger charge is -2.48. The molecule has 1 saturated heterocycles. The largest absolute Gasteiger partial charge is 0.462 e. The average Bonchev–Trinajstić information content (AvgIpc) is 0.769. The predicted octanol–water partition coefficient (Wildman–Crippen LogP) is 6.32. The minimum absolute atomic E-state index is 0.0516. The van der Waals surface area contributed by atoms with Crippen LogP contribution in [0.2, 0.25) is 0 Å². The lowest BCUT2D eigenvalue weighted by Crippen LogP contribution is -2.74. The number of amides is 11. The van der Waals surface area contributed by atoms with E-state index in [1.54, 1.807) is 50.1 Å². The Kier molecular flexibility index (Phi) is 29.0. The molecule has 7 fully saturated rings. The van der Waals surface area contributed by atoms with E-state index in [9.17, 15) is 24.0 Å². The molecule has 9 aliphatic rings. The molecule has 11 rings (SSSR count). The molecule has 0 radical (unpaired) electrons. The highest BCUT2D eigenvalue weighted by atomic mass is 16.6. The van der Waals surface area contributed by atoms with Gasteiger partial charge in [0, 0.05) is 45.6 Å². The Bertz CT molecular complexity index is 3590. The molecule has 110 heavy (non-hydrogen) atoms. The van der Waals surface area contributed by atoms with Crippen molar-refractivity contribution in [1.82, 2.24) is 68.0 Å². The molecule has 2 bridgehead atoms. The zero-order valence-electron chi connectivity index (χ0n) is 65.6. The fourth-order valence-corrected chi connectivity index (χ4v) is 17.7. The topological polar surface area (TPSA) is 391 Å². The quantitative estimate of drug-likeness (QED) is 0.0429. The number of nitrogens with one attached hydrogen (secondary N) is 10. The SMILES string of the molecule is COCCOCCOCCOC(=O)C(C)(C)NC(=O)C(NC(=O)C1(NC(=O)C2(NC(=O)C3(NC(=O)C4(NC(=O)C56CCN(CC5)C(=O)CCCCNC(=O)c5cccnc5-c5ncccc5C(=O)NC5(CCCCC5)C(=O)NC5(CCCCC5)C(=O)N6)CCCCC4)CCCCC3)CCCCC2)CCCCC1)C(C)C. The molecule has 29 heteroatoms. The van der Waals surface area contributed by atoms with Crippen LogP contribution < -0.4 is 53.2 Å². The Balaban J connectivity index is 0.882. The third-order valence-electron chi connectivity index (χ3n) is 24.6. The molecule has 5 heterocycles. The Morgan fingerprint density at radius 3 is 1.35 bits per heavy atom. The highest BCUT2D eigenvalue weighted by Gasteiger charge is 2.57. The van der Waals surface area contributed by atoms with Gasteiger partial charge >= 0.3 is 5.97 Å². The van der Waals surface area contributed by atoms with Crippen LogP contribution >= 0.6 is 0 Å². The van der Waals surface area contributed by atoms with Gasteiger partial charge in [-0.3, -0.25) is 62.7 Å². The van der Waals surface area contributed by atoms with Gasteiger partial charge in [-0.05, 0) is 147 Å². The summed E-state index contributed by atoms with van der Waals surface area (Å²) in [5, 5.41) is 31.2. The summed E-state index contributed by atoms with van der Waals surface area (Å²) in [5.41, 5.74) is -11.9. The lowest BCUT2D eigenvalue weighted by atomic mass is 9.74. The van der Waals surface area contributed by atoms with Crippen LogP contribution in [0.1, 0.15) is 273 Å². The number of piperidine rings is 1. The molecular weight excluding hydrogens is 1410 g/mol. The van der Waals surface area contributed by atoms with Crippen LogP contribution in [-0.2, 0) is 66.9 Å². The second kappa shape index (κ2) is 37.9. The van der Waals surface area contributed by atoms with Crippen molar-refractivity contribution in [3.63, 3.8) is 0 Å². The first-order valence-electron chi connectivity index (χ1n) is 41.0. The summed E-state index contributed by atoms with van der Waals surface area (Å²) >= 11 is 0. The number of carbonyl (C=O) groups excluding carboxylic acids is 12. The van der Waals surface area contributed by atoms with E-state index in [-0.39, 0.29) is 164 Å². The Morgan fingerprint density at radius 1 is 0.482 bits per heavy atom. The van der Waals surface area contributed by atoms with Crippen LogP contribution in [0.15, 0.2) is 36.7 Å². The zero-order valence-corrected chi connectivity index (χ0v) is 65.6. The van der Waals surface area contributed by atoms with E-state index in [1.807, 2.05) is 0 Å². The summed E-state index contributed by atoms with van der Waals surface area (Å²) in [6.07, 6.45) is 18.2. The third kappa shape index (κ3) is 20.0. The van der Waals surface area contributed by atoms with Crippen LogP contribution in [-0.4, -0.2) is 203 Å². The molecule has 1 atom stereocenters. The second-order valence-electron chi connectivity index (χ2n) is 33.2. The van der Waals surface area contributed by atoms with E-state index in [0.29, 0.717) is 110 Å². The first-order chi connectivity index (χ1) is 52.8. The number of nitrogens with zero attached hydrogens (tertiary/aromatic N) is 3. The normalized spacial score (nSPS) is 22.3. The summed E-state index contributed by atoms with van der Waals surface area (Å²) in [6.45, 7) is 8.39. The van der Waals surface area contributed by atoms with Crippen LogP contribution in [0.25, 0.3) is 11.4 Å². The van der Waals surface area contributed by atoms with E-state index in [1.165, 1.54) is 26.2 Å². The third-order valence-corrected chi connectivity index (χ3v) is 24.6. The number of pyridine rings is 2. The highest BCUT2D eigenvalue weighted by Crippen LogP contribution is 2.41. The van der Waals surface area contributed by atoms with Crippen molar-refractivity contribution in [2.24, 2.45) is 5.92 Å². The van der Waals surface area contributed by atoms with Gasteiger partial charge in [-0.1, -0.05) is 129 Å². The predicted molar refractivity (Wildman–Crippen MR) is 407 cm³/mol. The van der Waals surface area contributed by atoms with Gasteiger partial charge in [0.25, 0.3) is 11.8 Å². The minimum Gasteiger partial charge on any atom is -0.462 e. The Hall–Kier alpha value is -8.18. The van der Waals surface area contributed by atoms with E-state index in [0.717, 1.165) is 38.5 Å². The fraction of sp³-hybridized carbons (Fsp3) is 0.728. The van der Waals surface area contributed by atoms with Crippen molar-refractivity contribution >= 4 is 70.9 Å². The van der Waals surface area contributed by atoms with E-state index >= 15 is 33.6 Å². The monoisotopic (exact) mass is 1530 g/mol. The van der Waals surface area contributed by atoms with Crippen molar-refractivity contribution in [3.8, 4) is 11.4 Å². The van der Waals surface area contributed by atoms with Crippen LogP contribution in [0.3, 0.4) is 0 Å². The maximum atomic E-state index is 16.1. The highest BCUT2D eigenvalue weighted by molar-refractivity contribution is 6.08. The van der Waals surface area contributed by atoms with Crippen molar-refractivity contribution in [2.45, 2.75) is 303 Å². The van der Waals surface area contributed by atoms with Crippen molar-refractivity contribution in [3.05, 3.63) is 47.8 Å². The minimum atomic E-state index is -1.73. The maximum absolute atomic E-state index is 16.1. The number of hydrogen-bond donors (Lipinski definition) is 10. The van der Waals surface area contributed by atoms with Gasteiger partial charge in [0.1, 0.15) is 68.3 Å². The summed E-state index contributed by atoms with van der Waals surface area (Å²) in [7, 11) is 1.58. The number of esters is 1. The van der Waals surface area contributed by atoms with Crippen LogP contribution in [0.5, 0.6) is 0 Å². The summed E-state index contributed by atoms with van der Waals surface area (Å²) in [6, 6.07) is 5.24. The fourth-order valence-electron chi connectivity index (χ4n) is 17.7. The average molecular weight is 1530 g/mol. The molecule has 11 amide bonds. The number of fused-ring (bicyclic) bond motifs is 11. The zero-order chi connectivity index (χ0) is 78.6. The van der Waals surface area contributed by atoms with Gasteiger partial charge in [0.2, 0.25) is 53.2 Å². The molecule has 6 aliphatic carbocycles. The second-order valence-corrected chi connectivity index (χ2v) is 33.2. The van der Waals surface area contributed by atoms with Crippen LogP contribution in [0, 0.1) is 5.92 Å². The molecule has 3 aliphatic heterocycles. The van der Waals surface area contributed by atoms with Gasteiger partial charge < -0.3 is 77.0 Å². The number of rotatable bonds is 23. The molecule has 1 unspecified atom stereocenters. The van der Waals surface area contributed by atoms with Crippen LogP contribution in [0.4, 0.5) is 0 Å². The smallest absolute Gasteiger partial charge is 0.331 e. The van der Waals surface area contributed by atoms with E-state index < -0.39 is 121 Å². The Morgan fingerprint density at radius 2 is 0.891 bits per heavy atom. The number of ether oxygens (including phenoxy) is 4. The van der Waals surface area contributed by atoms with Crippen molar-refractivity contribution in [1.29, 1.82) is 0 Å². The molecule has 29 nitrogen and oxygen atoms in total. The van der Waals surface area contributed by atoms with Gasteiger partial charge in [-0.25, -0.2) is 4.79 Å². The molecule has 2 aromatic heterocycles. The number of methoxy groups -OCH3 is 1.